The maximum Gasteiger partial charge on any atom is 0.127 e. The first-order valence-electron chi connectivity index (χ1n) is 4.42. The maximum atomic E-state index is 9.28. The molecule has 2 N–H and O–H groups in total. The zero-order valence-corrected chi connectivity index (χ0v) is 8.74. The fourth-order valence-corrected chi connectivity index (χ4v) is 0.964. The fourth-order valence-electron chi connectivity index (χ4n) is 0.964. The van der Waals surface area contributed by atoms with Gasteiger partial charge < -0.3 is 5.11 Å². The Morgan fingerprint density at radius 3 is 2.71 bits per heavy atom. The van der Waals surface area contributed by atoms with E-state index in [0.717, 1.165) is 11.3 Å². The number of nitrogens with zero attached hydrogens (tertiary/aromatic N) is 1. The number of benzene rings is 1. The van der Waals surface area contributed by atoms with Crippen LogP contribution in [0, 0.1) is 6.92 Å². The lowest BCUT2D eigenvalue weighted by molar-refractivity contribution is 0.0968. The predicted octanol–water partition coefficient (Wildman–Crippen LogP) is 1.56. The van der Waals surface area contributed by atoms with E-state index in [0.29, 0.717) is 12.5 Å². The molecule has 4 heteroatoms. The number of aromatic hydroxyl groups is 1. The Labute approximate surface area is 84.1 Å². The van der Waals surface area contributed by atoms with E-state index in [9.17, 15) is 5.11 Å². The number of aryl methyl sites for hydroxylation is 1. The number of rotatable bonds is 4. The van der Waals surface area contributed by atoms with E-state index in [1.54, 1.807) is 12.1 Å². The van der Waals surface area contributed by atoms with Gasteiger partial charge in [0, 0.05) is 0 Å². The average molecular weight is 196 g/mol. The van der Waals surface area contributed by atoms with Gasteiger partial charge in [-0.05, 0) is 44.8 Å². The molecule has 0 radical (unpaired) electrons. The van der Waals surface area contributed by atoms with Crippen LogP contribution in [0.5, 0.6) is 5.75 Å². The third-order valence-electron chi connectivity index (χ3n) is 1.71. The molecule has 0 aliphatic heterocycles. The minimum atomic E-state index is 0.295. The lowest BCUT2D eigenvalue weighted by Gasteiger charge is -2.12. The largest absolute Gasteiger partial charge is 0.508 e. The first kappa shape index (κ1) is 10.8. The van der Waals surface area contributed by atoms with Crippen LogP contribution in [0.1, 0.15) is 5.56 Å². The summed E-state index contributed by atoms with van der Waals surface area (Å²) in [6.07, 6.45) is 0. The highest BCUT2D eigenvalue weighted by Gasteiger charge is 1.97. The van der Waals surface area contributed by atoms with Gasteiger partial charge in [-0.15, -0.1) is 0 Å². The third kappa shape index (κ3) is 3.24. The minimum absolute atomic E-state index is 0.295. The van der Waals surface area contributed by atoms with E-state index in [-0.39, 0.29) is 0 Å². The first-order valence-corrected chi connectivity index (χ1v) is 4.42. The predicted molar refractivity (Wildman–Crippen MR) is 56.1 cm³/mol. The summed E-state index contributed by atoms with van der Waals surface area (Å²) in [6.45, 7) is 2.34. The molecule has 0 aliphatic carbocycles. The highest BCUT2D eigenvalue weighted by Crippen LogP contribution is 2.19. The standard InChI is InChI=1S/C10H16N2O2/c1-8-6-9(4-5-10(8)13)11-14-7-12(2)3/h4-6,11,13H,7H2,1-3H3. The van der Waals surface area contributed by atoms with Gasteiger partial charge in [0.15, 0.2) is 0 Å². The van der Waals surface area contributed by atoms with Gasteiger partial charge in [0.05, 0.1) is 5.69 Å². The highest BCUT2D eigenvalue weighted by atomic mass is 16.7. The maximum absolute atomic E-state index is 9.28. The van der Waals surface area contributed by atoms with Gasteiger partial charge in [-0.1, -0.05) is 0 Å². The molecule has 0 saturated carbocycles. The van der Waals surface area contributed by atoms with E-state index in [2.05, 4.69) is 5.48 Å². The van der Waals surface area contributed by atoms with Crippen LogP contribution in [0.3, 0.4) is 0 Å². The molecule has 14 heavy (non-hydrogen) atoms. The van der Waals surface area contributed by atoms with Gasteiger partial charge in [-0.25, -0.2) is 0 Å². The van der Waals surface area contributed by atoms with Crippen LogP contribution in [0.25, 0.3) is 0 Å². The van der Waals surface area contributed by atoms with Crippen molar-refractivity contribution in [3.63, 3.8) is 0 Å². The summed E-state index contributed by atoms with van der Waals surface area (Å²) in [7, 11) is 3.84. The molecule has 1 aromatic carbocycles. The van der Waals surface area contributed by atoms with Crippen molar-refractivity contribution in [1.82, 2.24) is 4.90 Å². The molecule has 0 fully saturated rings. The number of phenols is 1. The second-order valence-electron chi connectivity index (χ2n) is 3.46. The fraction of sp³-hybridized carbons (Fsp3) is 0.400. The van der Waals surface area contributed by atoms with E-state index >= 15 is 0 Å². The monoisotopic (exact) mass is 196 g/mol. The van der Waals surface area contributed by atoms with Crippen molar-refractivity contribution in [3.8, 4) is 5.75 Å². The van der Waals surface area contributed by atoms with Crippen LogP contribution >= 0.6 is 0 Å². The summed E-state index contributed by atoms with van der Waals surface area (Å²) >= 11 is 0. The molecule has 0 amide bonds. The second-order valence-corrected chi connectivity index (χ2v) is 3.46. The molecule has 78 valence electrons. The summed E-state index contributed by atoms with van der Waals surface area (Å²) in [5, 5.41) is 9.28. The minimum Gasteiger partial charge on any atom is -0.508 e. The number of hydrogen-bond acceptors (Lipinski definition) is 4. The number of nitrogens with one attached hydrogen (secondary N) is 1. The lowest BCUT2D eigenvalue weighted by Crippen LogP contribution is -2.18. The Hall–Kier alpha value is -1.26. The van der Waals surface area contributed by atoms with Crippen molar-refractivity contribution >= 4 is 5.69 Å². The molecule has 0 heterocycles. The van der Waals surface area contributed by atoms with E-state index < -0.39 is 0 Å². The van der Waals surface area contributed by atoms with E-state index in [1.165, 1.54) is 0 Å². The molecular formula is C10H16N2O2. The average Bonchev–Trinajstić information content (AvgIpc) is 2.10. The zero-order valence-electron chi connectivity index (χ0n) is 8.74. The summed E-state index contributed by atoms with van der Waals surface area (Å²) in [5.74, 6) is 0.295. The van der Waals surface area contributed by atoms with Gasteiger partial charge in [-0.2, -0.15) is 0 Å². The first-order chi connectivity index (χ1) is 6.59. The Kier molecular flexibility index (Phi) is 3.73. The summed E-state index contributed by atoms with van der Waals surface area (Å²) < 4.78 is 0. The second kappa shape index (κ2) is 4.83. The topological polar surface area (TPSA) is 44.7 Å². The van der Waals surface area contributed by atoms with Crippen molar-refractivity contribution in [2.45, 2.75) is 6.92 Å². The molecule has 0 aromatic heterocycles. The number of hydrogen-bond donors (Lipinski definition) is 2. The van der Waals surface area contributed by atoms with Crippen LogP contribution in [-0.4, -0.2) is 30.8 Å². The van der Waals surface area contributed by atoms with Crippen molar-refractivity contribution in [2.75, 3.05) is 26.3 Å². The Balaban J connectivity index is 2.47. The van der Waals surface area contributed by atoms with E-state index in [1.807, 2.05) is 32.0 Å². The number of phenolic OH excluding ortho intramolecular Hbond substituents is 1. The number of anilines is 1. The molecule has 0 atom stereocenters. The Morgan fingerprint density at radius 1 is 1.43 bits per heavy atom. The van der Waals surface area contributed by atoms with Crippen molar-refractivity contribution in [1.29, 1.82) is 0 Å². The Morgan fingerprint density at radius 2 is 2.14 bits per heavy atom. The van der Waals surface area contributed by atoms with Gasteiger partial charge >= 0.3 is 0 Å². The molecule has 0 unspecified atom stereocenters. The van der Waals surface area contributed by atoms with Gasteiger partial charge in [-0.3, -0.25) is 15.2 Å². The molecule has 0 saturated heterocycles. The molecule has 0 spiro atoms. The van der Waals surface area contributed by atoms with Crippen LogP contribution in [-0.2, 0) is 4.84 Å². The molecule has 1 aromatic rings. The lowest BCUT2D eigenvalue weighted by atomic mass is 10.2. The smallest absolute Gasteiger partial charge is 0.127 e. The van der Waals surface area contributed by atoms with Crippen molar-refractivity contribution < 1.29 is 9.94 Å². The molecular weight excluding hydrogens is 180 g/mol. The van der Waals surface area contributed by atoms with Gasteiger partial charge in [0.25, 0.3) is 0 Å². The summed E-state index contributed by atoms with van der Waals surface area (Å²) in [4.78, 5) is 7.07. The normalized spacial score (nSPS) is 10.6. The van der Waals surface area contributed by atoms with Crippen LogP contribution in [0.4, 0.5) is 5.69 Å². The summed E-state index contributed by atoms with van der Waals surface area (Å²) in [6, 6.07) is 5.22. The van der Waals surface area contributed by atoms with Crippen molar-refractivity contribution in [2.24, 2.45) is 0 Å². The van der Waals surface area contributed by atoms with Crippen LogP contribution in [0.15, 0.2) is 18.2 Å². The molecule has 4 nitrogen and oxygen atoms in total. The SMILES string of the molecule is Cc1cc(NOCN(C)C)ccc1O. The van der Waals surface area contributed by atoms with Crippen LogP contribution in [0.2, 0.25) is 0 Å². The molecule has 1 rings (SSSR count). The van der Waals surface area contributed by atoms with Crippen molar-refractivity contribution in [3.05, 3.63) is 23.8 Å². The molecule has 0 aliphatic rings. The third-order valence-corrected chi connectivity index (χ3v) is 1.71. The van der Waals surface area contributed by atoms with E-state index in [4.69, 9.17) is 4.84 Å². The summed E-state index contributed by atoms with van der Waals surface area (Å²) in [5.41, 5.74) is 4.45. The van der Waals surface area contributed by atoms with Gasteiger partial charge in [0.1, 0.15) is 12.5 Å². The zero-order chi connectivity index (χ0) is 10.6. The molecule has 0 bridgehead atoms. The Bertz CT molecular complexity index is 300. The van der Waals surface area contributed by atoms with Crippen LogP contribution < -0.4 is 5.48 Å². The van der Waals surface area contributed by atoms with Gasteiger partial charge in [0.2, 0.25) is 0 Å². The quantitative estimate of drug-likeness (QED) is 0.436. The highest BCUT2D eigenvalue weighted by molar-refractivity contribution is 5.48.